The maximum absolute atomic E-state index is 11.9. The van der Waals surface area contributed by atoms with E-state index in [0.717, 1.165) is 0 Å². The van der Waals surface area contributed by atoms with Crippen molar-refractivity contribution in [2.75, 3.05) is 19.5 Å². The van der Waals surface area contributed by atoms with Crippen molar-refractivity contribution in [2.24, 2.45) is 5.41 Å². The number of hydrogen-bond acceptors (Lipinski definition) is 5. The van der Waals surface area contributed by atoms with Gasteiger partial charge in [0, 0.05) is 6.07 Å². The van der Waals surface area contributed by atoms with Gasteiger partial charge in [0.2, 0.25) is 17.7 Å². The fourth-order valence-corrected chi connectivity index (χ4v) is 1.54. The van der Waals surface area contributed by atoms with Crippen molar-refractivity contribution in [1.29, 1.82) is 5.26 Å². The molecule has 0 spiro atoms. The van der Waals surface area contributed by atoms with Crippen LogP contribution in [0.5, 0.6) is 11.8 Å². The molecule has 0 saturated heterocycles. The van der Waals surface area contributed by atoms with E-state index < -0.39 is 5.41 Å². The maximum Gasteiger partial charge on any atom is 0.244 e. The quantitative estimate of drug-likeness (QED) is 0.867. The van der Waals surface area contributed by atoms with Crippen molar-refractivity contribution in [1.82, 2.24) is 4.98 Å². The van der Waals surface area contributed by atoms with Crippen LogP contribution in [-0.2, 0) is 4.79 Å². The fourth-order valence-electron chi connectivity index (χ4n) is 1.54. The molecule has 0 atom stereocenters. The van der Waals surface area contributed by atoms with Gasteiger partial charge in [0.05, 0.1) is 20.3 Å². The van der Waals surface area contributed by atoms with Crippen LogP contribution >= 0.6 is 0 Å². The number of methoxy groups -OCH3 is 2. The van der Waals surface area contributed by atoms with Crippen LogP contribution in [0.1, 0.15) is 12.8 Å². The molecule has 1 aromatic rings. The molecule has 1 amide bonds. The maximum atomic E-state index is 11.9. The molecule has 6 nitrogen and oxygen atoms in total. The van der Waals surface area contributed by atoms with Gasteiger partial charge in [0.1, 0.15) is 11.1 Å². The number of amides is 1. The molecule has 1 saturated carbocycles. The molecular formula is C12H13N3O3. The third-order valence-electron chi connectivity index (χ3n) is 2.88. The molecule has 1 N–H and O–H groups in total. The lowest BCUT2D eigenvalue weighted by molar-refractivity contribution is -0.119. The van der Waals surface area contributed by atoms with Crippen LogP contribution in [0, 0.1) is 16.7 Å². The number of ether oxygens (including phenoxy) is 2. The summed E-state index contributed by atoms with van der Waals surface area (Å²) in [7, 11) is 2.95. The van der Waals surface area contributed by atoms with Crippen LogP contribution < -0.4 is 14.8 Å². The Morgan fingerprint density at radius 2 is 2.17 bits per heavy atom. The third kappa shape index (κ3) is 2.07. The number of carbonyl (C=O) groups excluding carboxylic acids is 1. The Kier molecular flexibility index (Phi) is 3.06. The first-order chi connectivity index (χ1) is 8.65. The highest BCUT2D eigenvalue weighted by molar-refractivity contribution is 5.99. The molecule has 0 unspecified atom stereocenters. The van der Waals surface area contributed by atoms with Crippen LogP contribution in [0.15, 0.2) is 12.1 Å². The number of pyridine rings is 1. The standard InChI is InChI=1S/C12H13N3O3/c1-17-9-4-3-8(10(15-9)18-2)14-11(16)12(7-13)5-6-12/h3-4H,5-6H2,1-2H3,(H,14,16). The first-order valence-corrected chi connectivity index (χ1v) is 5.47. The molecule has 0 aromatic carbocycles. The monoisotopic (exact) mass is 247 g/mol. The van der Waals surface area contributed by atoms with Crippen molar-refractivity contribution >= 4 is 11.6 Å². The highest BCUT2D eigenvalue weighted by Gasteiger charge is 2.50. The zero-order valence-corrected chi connectivity index (χ0v) is 10.2. The molecule has 0 bridgehead atoms. The molecule has 6 heteroatoms. The van der Waals surface area contributed by atoms with Gasteiger partial charge in [-0.25, -0.2) is 0 Å². The number of nitriles is 1. The van der Waals surface area contributed by atoms with Gasteiger partial charge in [0.25, 0.3) is 0 Å². The van der Waals surface area contributed by atoms with E-state index in [1.54, 1.807) is 12.1 Å². The second kappa shape index (κ2) is 4.53. The molecular weight excluding hydrogens is 234 g/mol. The first-order valence-electron chi connectivity index (χ1n) is 5.47. The van der Waals surface area contributed by atoms with E-state index in [0.29, 0.717) is 24.4 Å². The summed E-state index contributed by atoms with van der Waals surface area (Å²) in [5.41, 5.74) is -0.435. The average molecular weight is 247 g/mol. The molecule has 1 aromatic heterocycles. The highest BCUT2D eigenvalue weighted by atomic mass is 16.5. The molecule has 0 aliphatic heterocycles. The Balaban J connectivity index is 2.19. The molecule has 0 radical (unpaired) electrons. The van der Waals surface area contributed by atoms with E-state index in [4.69, 9.17) is 14.7 Å². The summed E-state index contributed by atoms with van der Waals surface area (Å²) >= 11 is 0. The van der Waals surface area contributed by atoms with Gasteiger partial charge in [-0.15, -0.1) is 0 Å². The Hall–Kier alpha value is -2.29. The Morgan fingerprint density at radius 1 is 1.44 bits per heavy atom. The van der Waals surface area contributed by atoms with Gasteiger partial charge in [0.15, 0.2) is 0 Å². The molecule has 18 heavy (non-hydrogen) atoms. The van der Waals surface area contributed by atoms with Gasteiger partial charge in [-0.05, 0) is 18.9 Å². The van der Waals surface area contributed by atoms with Crippen LogP contribution in [-0.4, -0.2) is 25.1 Å². The van der Waals surface area contributed by atoms with Crippen molar-refractivity contribution in [3.8, 4) is 17.8 Å². The van der Waals surface area contributed by atoms with Gasteiger partial charge in [-0.3, -0.25) is 4.79 Å². The summed E-state index contributed by atoms with van der Waals surface area (Å²) in [5.74, 6) is 0.345. The van der Waals surface area contributed by atoms with Crippen LogP contribution in [0.25, 0.3) is 0 Å². The summed E-state index contributed by atoms with van der Waals surface area (Å²) in [4.78, 5) is 16.0. The third-order valence-corrected chi connectivity index (χ3v) is 2.88. The summed E-state index contributed by atoms with van der Waals surface area (Å²) in [6.07, 6.45) is 1.20. The minimum atomic E-state index is -0.870. The van der Waals surface area contributed by atoms with E-state index in [9.17, 15) is 4.79 Å². The normalized spacial score (nSPS) is 15.4. The molecule has 1 heterocycles. The lowest BCUT2D eigenvalue weighted by Crippen LogP contribution is -2.23. The van der Waals surface area contributed by atoms with E-state index in [1.165, 1.54) is 14.2 Å². The summed E-state index contributed by atoms with van der Waals surface area (Å²) < 4.78 is 10.0. The van der Waals surface area contributed by atoms with Gasteiger partial charge >= 0.3 is 0 Å². The molecule has 1 aliphatic rings. The van der Waals surface area contributed by atoms with E-state index in [1.807, 2.05) is 6.07 Å². The second-order valence-electron chi connectivity index (χ2n) is 4.06. The second-order valence-corrected chi connectivity index (χ2v) is 4.06. The lowest BCUT2D eigenvalue weighted by Gasteiger charge is -2.11. The minimum Gasteiger partial charge on any atom is -0.481 e. The SMILES string of the molecule is COc1ccc(NC(=O)C2(C#N)CC2)c(OC)n1. The van der Waals surface area contributed by atoms with E-state index in [2.05, 4.69) is 10.3 Å². The predicted molar refractivity (Wildman–Crippen MR) is 63.3 cm³/mol. The summed E-state index contributed by atoms with van der Waals surface area (Å²) in [5, 5.41) is 11.6. The number of carbonyl (C=O) groups is 1. The van der Waals surface area contributed by atoms with Gasteiger partial charge in [-0.2, -0.15) is 10.2 Å². The van der Waals surface area contributed by atoms with E-state index >= 15 is 0 Å². The molecule has 2 rings (SSSR count). The number of anilines is 1. The smallest absolute Gasteiger partial charge is 0.244 e. The largest absolute Gasteiger partial charge is 0.481 e. The Bertz CT molecular complexity index is 518. The van der Waals surface area contributed by atoms with Gasteiger partial charge in [-0.1, -0.05) is 0 Å². The van der Waals surface area contributed by atoms with Crippen LogP contribution in [0.2, 0.25) is 0 Å². The lowest BCUT2D eigenvalue weighted by atomic mass is 10.1. The fraction of sp³-hybridized carbons (Fsp3) is 0.417. The molecule has 94 valence electrons. The molecule has 1 fully saturated rings. The minimum absolute atomic E-state index is 0.261. The number of nitrogens with zero attached hydrogens (tertiary/aromatic N) is 2. The van der Waals surface area contributed by atoms with Crippen LogP contribution in [0.3, 0.4) is 0 Å². The number of aromatic nitrogens is 1. The average Bonchev–Trinajstić information content (AvgIpc) is 3.20. The first kappa shape index (κ1) is 12.2. The van der Waals surface area contributed by atoms with Crippen molar-refractivity contribution < 1.29 is 14.3 Å². The number of rotatable bonds is 4. The summed E-state index contributed by atoms with van der Waals surface area (Å²) in [6, 6.07) is 5.28. The van der Waals surface area contributed by atoms with Crippen LogP contribution in [0.4, 0.5) is 5.69 Å². The predicted octanol–water partition coefficient (Wildman–Crippen LogP) is 1.34. The number of nitrogens with one attached hydrogen (secondary N) is 1. The Labute approximate surface area is 105 Å². The van der Waals surface area contributed by atoms with E-state index in [-0.39, 0.29) is 11.8 Å². The zero-order chi connectivity index (χ0) is 13.2. The topological polar surface area (TPSA) is 84.2 Å². The zero-order valence-electron chi connectivity index (χ0n) is 10.2. The Morgan fingerprint density at radius 3 is 2.67 bits per heavy atom. The number of hydrogen-bond donors (Lipinski definition) is 1. The van der Waals surface area contributed by atoms with Crippen molar-refractivity contribution in [3.05, 3.63) is 12.1 Å². The highest BCUT2D eigenvalue weighted by Crippen LogP contribution is 2.46. The van der Waals surface area contributed by atoms with Crippen molar-refractivity contribution in [2.45, 2.75) is 12.8 Å². The van der Waals surface area contributed by atoms with Crippen molar-refractivity contribution in [3.63, 3.8) is 0 Å². The molecule has 1 aliphatic carbocycles. The summed E-state index contributed by atoms with van der Waals surface area (Å²) in [6.45, 7) is 0. The van der Waals surface area contributed by atoms with Gasteiger partial charge < -0.3 is 14.8 Å².